The molecule has 0 fully saturated rings. The van der Waals surface area contributed by atoms with E-state index in [9.17, 15) is 9.50 Å². The molecule has 2 aromatic carbocycles. The van der Waals surface area contributed by atoms with E-state index in [2.05, 4.69) is 4.98 Å². The number of methoxy groups -OCH3 is 1. The summed E-state index contributed by atoms with van der Waals surface area (Å²) >= 11 is 0. The molecule has 0 amide bonds. The molecule has 0 atom stereocenters. The van der Waals surface area contributed by atoms with Crippen LogP contribution in [0.5, 0.6) is 11.5 Å². The van der Waals surface area contributed by atoms with Crippen molar-refractivity contribution >= 4 is 11.0 Å². The number of rotatable bonds is 6. The number of fused-ring (bicyclic) bond motifs is 1. The van der Waals surface area contributed by atoms with Crippen LogP contribution in [0.1, 0.15) is 19.7 Å². The molecule has 1 N–H and O–H groups in total. The Morgan fingerprint density at radius 3 is 2.40 bits per heavy atom. The van der Waals surface area contributed by atoms with Crippen LogP contribution >= 0.6 is 0 Å². The third-order valence-corrected chi connectivity index (χ3v) is 3.51. The highest BCUT2D eigenvalue weighted by atomic mass is 19.1. The van der Waals surface area contributed by atoms with Crippen LogP contribution in [0.25, 0.3) is 11.0 Å². The minimum atomic E-state index is -0.307. The number of imidazole rings is 1. The average molecular weight is 346 g/mol. The first-order valence-corrected chi connectivity index (χ1v) is 8.23. The molecular formula is C19H23FN2O3. The van der Waals surface area contributed by atoms with Gasteiger partial charge < -0.3 is 19.1 Å². The van der Waals surface area contributed by atoms with Crippen LogP contribution in [0.4, 0.5) is 4.39 Å². The normalized spacial score (nSPS) is 10.4. The van der Waals surface area contributed by atoms with E-state index in [0.717, 1.165) is 11.0 Å². The molecule has 1 heterocycles. The fourth-order valence-corrected chi connectivity index (χ4v) is 2.41. The molecule has 3 rings (SSSR count). The molecule has 0 bridgehead atoms. The lowest BCUT2D eigenvalue weighted by Crippen LogP contribution is -2.08. The molecule has 6 heteroatoms. The predicted molar refractivity (Wildman–Crippen MR) is 95.4 cm³/mol. The first-order valence-electron chi connectivity index (χ1n) is 8.23. The molecule has 5 nitrogen and oxygen atoms in total. The Morgan fingerprint density at radius 2 is 1.76 bits per heavy atom. The minimum absolute atomic E-state index is 0.146. The summed E-state index contributed by atoms with van der Waals surface area (Å²) in [6.07, 6.45) is 0. The van der Waals surface area contributed by atoms with Gasteiger partial charge in [0.05, 0.1) is 17.6 Å². The zero-order chi connectivity index (χ0) is 18.2. The Hall–Kier alpha value is -2.44. The standard InChI is InChI=1S/C17H17FN2O3.C2H6/c1-22-9-8-20-16-10-14(6-7-15(16)19-17(20)11-21)23-13-4-2-12(18)3-5-13;1-2/h2-7,10,21H,8-9,11H2,1H3;1-2H3. The number of ether oxygens (including phenoxy) is 2. The molecule has 3 aromatic rings. The van der Waals surface area contributed by atoms with Gasteiger partial charge in [-0.1, -0.05) is 13.8 Å². The lowest BCUT2D eigenvalue weighted by molar-refractivity contribution is 0.184. The van der Waals surface area contributed by atoms with Crippen molar-refractivity contribution in [3.05, 3.63) is 54.1 Å². The number of halogens is 1. The van der Waals surface area contributed by atoms with Crippen molar-refractivity contribution in [2.75, 3.05) is 13.7 Å². The molecular weight excluding hydrogens is 323 g/mol. The van der Waals surface area contributed by atoms with E-state index in [1.807, 2.05) is 30.5 Å². The van der Waals surface area contributed by atoms with Gasteiger partial charge in [-0.05, 0) is 36.4 Å². The summed E-state index contributed by atoms with van der Waals surface area (Å²) in [5, 5.41) is 9.46. The SMILES string of the molecule is CC.COCCn1c(CO)nc2ccc(Oc3ccc(F)cc3)cc21. The van der Waals surface area contributed by atoms with E-state index >= 15 is 0 Å². The minimum Gasteiger partial charge on any atom is -0.457 e. The summed E-state index contributed by atoms with van der Waals surface area (Å²) in [5.41, 5.74) is 1.63. The van der Waals surface area contributed by atoms with Gasteiger partial charge in [-0.25, -0.2) is 9.37 Å². The van der Waals surface area contributed by atoms with Gasteiger partial charge in [0, 0.05) is 19.7 Å². The maximum Gasteiger partial charge on any atom is 0.135 e. The van der Waals surface area contributed by atoms with Crippen LogP contribution < -0.4 is 4.74 Å². The Labute approximate surface area is 146 Å². The quantitative estimate of drug-likeness (QED) is 0.729. The molecule has 0 saturated heterocycles. The summed E-state index contributed by atoms with van der Waals surface area (Å²) in [4.78, 5) is 4.40. The summed E-state index contributed by atoms with van der Waals surface area (Å²) in [6, 6.07) is 11.3. The van der Waals surface area contributed by atoms with Crippen molar-refractivity contribution < 1.29 is 19.0 Å². The number of aromatic nitrogens is 2. The summed E-state index contributed by atoms with van der Waals surface area (Å²) < 4.78 is 25.7. The van der Waals surface area contributed by atoms with Gasteiger partial charge in [0.2, 0.25) is 0 Å². The van der Waals surface area contributed by atoms with Crippen LogP contribution in [0, 0.1) is 5.82 Å². The molecule has 0 unspecified atom stereocenters. The first kappa shape index (κ1) is 18.9. The summed E-state index contributed by atoms with van der Waals surface area (Å²) in [6.45, 7) is 4.96. The Morgan fingerprint density at radius 1 is 1.08 bits per heavy atom. The molecule has 0 spiro atoms. The largest absolute Gasteiger partial charge is 0.457 e. The molecule has 0 aliphatic carbocycles. The van der Waals surface area contributed by atoms with Crippen LogP contribution in [0.3, 0.4) is 0 Å². The molecule has 25 heavy (non-hydrogen) atoms. The van der Waals surface area contributed by atoms with Crippen LogP contribution in [-0.4, -0.2) is 28.4 Å². The van der Waals surface area contributed by atoms with E-state index in [-0.39, 0.29) is 12.4 Å². The van der Waals surface area contributed by atoms with E-state index in [1.165, 1.54) is 12.1 Å². The van der Waals surface area contributed by atoms with E-state index < -0.39 is 0 Å². The number of hydrogen-bond donors (Lipinski definition) is 1. The highest BCUT2D eigenvalue weighted by Crippen LogP contribution is 2.26. The van der Waals surface area contributed by atoms with Gasteiger partial charge in [-0.3, -0.25) is 0 Å². The lowest BCUT2D eigenvalue weighted by atomic mass is 10.3. The molecule has 0 aliphatic rings. The van der Waals surface area contributed by atoms with Gasteiger partial charge in [-0.15, -0.1) is 0 Å². The highest BCUT2D eigenvalue weighted by molar-refractivity contribution is 5.78. The second kappa shape index (κ2) is 9.15. The number of nitrogens with zero attached hydrogens (tertiary/aromatic N) is 2. The molecule has 134 valence electrons. The van der Waals surface area contributed by atoms with Crippen molar-refractivity contribution in [3.63, 3.8) is 0 Å². The van der Waals surface area contributed by atoms with Gasteiger partial charge in [0.1, 0.15) is 29.7 Å². The maximum atomic E-state index is 12.9. The molecule has 0 saturated carbocycles. The predicted octanol–water partition coefficient (Wildman–Crippen LogP) is 4.13. The van der Waals surface area contributed by atoms with E-state index in [1.54, 1.807) is 25.3 Å². The topological polar surface area (TPSA) is 56.5 Å². The van der Waals surface area contributed by atoms with Crippen LogP contribution in [0.2, 0.25) is 0 Å². The van der Waals surface area contributed by atoms with Crippen molar-refractivity contribution in [3.8, 4) is 11.5 Å². The first-order chi connectivity index (χ1) is 12.2. The van der Waals surface area contributed by atoms with Crippen molar-refractivity contribution in [1.29, 1.82) is 0 Å². The van der Waals surface area contributed by atoms with Crippen LogP contribution in [-0.2, 0) is 17.9 Å². The number of hydrogen-bond acceptors (Lipinski definition) is 4. The Bertz CT molecular complexity index is 800. The van der Waals surface area contributed by atoms with Gasteiger partial charge >= 0.3 is 0 Å². The fourth-order valence-electron chi connectivity index (χ4n) is 2.41. The second-order valence-electron chi connectivity index (χ2n) is 5.04. The molecule has 0 aliphatic heterocycles. The monoisotopic (exact) mass is 346 g/mol. The third kappa shape index (κ3) is 4.55. The van der Waals surface area contributed by atoms with Crippen molar-refractivity contribution in [2.45, 2.75) is 27.0 Å². The molecule has 0 radical (unpaired) electrons. The third-order valence-electron chi connectivity index (χ3n) is 3.51. The Balaban J connectivity index is 0.00000109. The van der Waals surface area contributed by atoms with Crippen molar-refractivity contribution in [2.24, 2.45) is 0 Å². The maximum absolute atomic E-state index is 12.9. The summed E-state index contributed by atoms with van der Waals surface area (Å²) in [5.74, 6) is 1.44. The van der Waals surface area contributed by atoms with Crippen LogP contribution in [0.15, 0.2) is 42.5 Å². The smallest absolute Gasteiger partial charge is 0.135 e. The number of aliphatic hydroxyl groups is 1. The fraction of sp³-hybridized carbons (Fsp3) is 0.316. The molecule has 1 aromatic heterocycles. The highest BCUT2D eigenvalue weighted by Gasteiger charge is 2.11. The van der Waals surface area contributed by atoms with Gasteiger partial charge in [0.25, 0.3) is 0 Å². The van der Waals surface area contributed by atoms with Gasteiger partial charge in [-0.2, -0.15) is 0 Å². The number of aliphatic hydroxyl groups excluding tert-OH is 1. The zero-order valence-electron chi connectivity index (χ0n) is 14.7. The van der Waals surface area contributed by atoms with Crippen molar-refractivity contribution in [1.82, 2.24) is 9.55 Å². The second-order valence-corrected chi connectivity index (χ2v) is 5.04. The summed E-state index contributed by atoms with van der Waals surface area (Å²) in [7, 11) is 1.63. The zero-order valence-corrected chi connectivity index (χ0v) is 14.7. The van der Waals surface area contributed by atoms with Gasteiger partial charge in [0.15, 0.2) is 0 Å². The van der Waals surface area contributed by atoms with E-state index in [0.29, 0.717) is 30.5 Å². The lowest BCUT2D eigenvalue weighted by Gasteiger charge is -2.09. The van der Waals surface area contributed by atoms with E-state index in [4.69, 9.17) is 9.47 Å². The Kier molecular flexibility index (Phi) is 6.91. The number of benzene rings is 2. The average Bonchev–Trinajstić information content (AvgIpc) is 3.00.